The molecule has 1 unspecified atom stereocenters. The van der Waals surface area contributed by atoms with Gasteiger partial charge >= 0.3 is 0 Å². The van der Waals surface area contributed by atoms with Crippen molar-refractivity contribution in [1.82, 2.24) is 25.9 Å². The van der Waals surface area contributed by atoms with E-state index in [9.17, 15) is 4.79 Å². The van der Waals surface area contributed by atoms with Crippen molar-refractivity contribution >= 4 is 5.91 Å². The van der Waals surface area contributed by atoms with Crippen LogP contribution in [0.4, 0.5) is 0 Å². The summed E-state index contributed by atoms with van der Waals surface area (Å²) in [5, 5.41) is 16.0. The number of hydrogen-bond donors (Lipinski definition) is 2. The van der Waals surface area contributed by atoms with Crippen LogP contribution >= 0.6 is 0 Å². The maximum atomic E-state index is 11.3. The van der Waals surface area contributed by atoms with Gasteiger partial charge in [0, 0.05) is 13.0 Å². The normalized spacial score (nSPS) is 12.4. The number of aromatic nitrogens is 4. The predicted octanol–water partition coefficient (Wildman–Crippen LogP) is -0.197. The molecule has 0 saturated carbocycles. The highest BCUT2D eigenvalue weighted by molar-refractivity contribution is 5.76. The van der Waals surface area contributed by atoms with Crippen LogP contribution in [0.25, 0.3) is 0 Å². The van der Waals surface area contributed by atoms with Gasteiger partial charge in [0.1, 0.15) is 0 Å². The van der Waals surface area contributed by atoms with E-state index in [0.717, 1.165) is 0 Å². The van der Waals surface area contributed by atoms with Gasteiger partial charge in [-0.05, 0) is 13.8 Å². The van der Waals surface area contributed by atoms with E-state index in [0.29, 0.717) is 25.5 Å². The Morgan fingerprint density at radius 3 is 3.07 bits per heavy atom. The van der Waals surface area contributed by atoms with E-state index >= 15 is 0 Å². The molecule has 0 radical (unpaired) electrons. The Bertz CT molecular complexity index is 287. The molecular formula is C8H15N5O2. The predicted molar refractivity (Wildman–Crippen MR) is 51.8 cm³/mol. The summed E-state index contributed by atoms with van der Waals surface area (Å²) in [6, 6.07) is -0.238. The summed E-state index contributed by atoms with van der Waals surface area (Å²) in [5.41, 5.74) is 0. The summed E-state index contributed by atoms with van der Waals surface area (Å²) in [6.45, 7) is 4.73. The molecule has 0 aliphatic rings. The fourth-order valence-electron chi connectivity index (χ4n) is 1.04. The SMILES string of the molecule is CCOCCC(=O)NC(C)c1nn[nH]n1. The third-order valence-electron chi connectivity index (χ3n) is 1.80. The summed E-state index contributed by atoms with van der Waals surface area (Å²) >= 11 is 0. The van der Waals surface area contributed by atoms with Crippen LogP contribution in [0, 0.1) is 0 Å². The van der Waals surface area contributed by atoms with Crippen LogP contribution in [0.3, 0.4) is 0 Å². The summed E-state index contributed by atoms with van der Waals surface area (Å²) in [7, 11) is 0. The van der Waals surface area contributed by atoms with Gasteiger partial charge in [0.15, 0.2) is 5.82 Å². The highest BCUT2D eigenvalue weighted by atomic mass is 16.5. The zero-order valence-electron chi connectivity index (χ0n) is 8.86. The average Bonchev–Trinajstić information content (AvgIpc) is 2.70. The topological polar surface area (TPSA) is 92.8 Å². The number of amides is 1. The number of H-pyrrole nitrogens is 1. The molecule has 2 N–H and O–H groups in total. The molecule has 15 heavy (non-hydrogen) atoms. The number of ether oxygens (including phenoxy) is 1. The molecule has 0 bridgehead atoms. The van der Waals surface area contributed by atoms with Gasteiger partial charge in [0.25, 0.3) is 0 Å². The Balaban J connectivity index is 2.26. The van der Waals surface area contributed by atoms with Crippen molar-refractivity contribution < 1.29 is 9.53 Å². The minimum atomic E-state index is -0.238. The minimum absolute atomic E-state index is 0.0826. The molecule has 0 aliphatic heterocycles. The molecule has 1 heterocycles. The highest BCUT2D eigenvalue weighted by Gasteiger charge is 2.12. The number of carbonyl (C=O) groups excluding carboxylic acids is 1. The van der Waals surface area contributed by atoms with Gasteiger partial charge in [0.2, 0.25) is 5.91 Å². The molecule has 1 atom stereocenters. The van der Waals surface area contributed by atoms with Gasteiger partial charge in [-0.2, -0.15) is 5.21 Å². The molecule has 84 valence electrons. The van der Waals surface area contributed by atoms with Gasteiger partial charge in [-0.3, -0.25) is 4.79 Å². The van der Waals surface area contributed by atoms with Crippen molar-refractivity contribution in [3.05, 3.63) is 5.82 Å². The number of rotatable bonds is 6. The van der Waals surface area contributed by atoms with Crippen LogP contribution < -0.4 is 5.32 Å². The van der Waals surface area contributed by atoms with Crippen molar-refractivity contribution in [2.45, 2.75) is 26.3 Å². The molecule has 1 aromatic heterocycles. The van der Waals surface area contributed by atoms with E-state index in [1.165, 1.54) is 0 Å². The van der Waals surface area contributed by atoms with Crippen LogP contribution in [0.1, 0.15) is 32.1 Å². The molecule has 0 aliphatic carbocycles. The van der Waals surface area contributed by atoms with E-state index in [-0.39, 0.29) is 11.9 Å². The summed E-state index contributed by atoms with van der Waals surface area (Å²) < 4.78 is 5.07. The zero-order valence-corrected chi connectivity index (χ0v) is 8.86. The largest absolute Gasteiger partial charge is 0.381 e. The Labute approximate surface area is 87.6 Å². The molecule has 0 fully saturated rings. The molecule has 0 spiro atoms. The van der Waals surface area contributed by atoms with Gasteiger partial charge in [-0.1, -0.05) is 5.21 Å². The molecule has 1 rings (SSSR count). The number of carbonyl (C=O) groups is 1. The molecule has 0 aromatic carbocycles. The summed E-state index contributed by atoms with van der Waals surface area (Å²) in [4.78, 5) is 11.3. The molecule has 7 nitrogen and oxygen atoms in total. The van der Waals surface area contributed by atoms with Crippen molar-refractivity contribution in [1.29, 1.82) is 0 Å². The first kappa shape index (κ1) is 11.6. The zero-order chi connectivity index (χ0) is 11.1. The van der Waals surface area contributed by atoms with Crippen LogP contribution in [0.15, 0.2) is 0 Å². The van der Waals surface area contributed by atoms with E-state index in [4.69, 9.17) is 4.74 Å². The van der Waals surface area contributed by atoms with E-state index < -0.39 is 0 Å². The summed E-state index contributed by atoms with van der Waals surface area (Å²) in [5.74, 6) is 0.389. The molecule has 0 saturated heterocycles. The lowest BCUT2D eigenvalue weighted by Gasteiger charge is -2.09. The standard InChI is InChI=1S/C8H15N5O2/c1-3-15-5-4-7(14)9-6(2)8-10-12-13-11-8/h6H,3-5H2,1-2H3,(H,9,14)(H,10,11,12,13). The van der Waals surface area contributed by atoms with Crippen molar-refractivity contribution in [2.24, 2.45) is 0 Å². The van der Waals surface area contributed by atoms with Crippen molar-refractivity contribution in [2.75, 3.05) is 13.2 Å². The van der Waals surface area contributed by atoms with Crippen LogP contribution in [-0.2, 0) is 9.53 Å². The maximum Gasteiger partial charge on any atom is 0.222 e. The second-order valence-electron chi connectivity index (χ2n) is 3.01. The van der Waals surface area contributed by atoms with Gasteiger partial charge in [-0.25, -0.2) is 0 Å². The lowest BCUT2D eigenvalue weighted by atomic mass is 10.3. The van der Waals surface area contributed by atoms with Crippen LogP contribution in [0.5, 0.6) is 0 Å². The van der Waals surface area contributed by atoms with Crippen molar-refractivity contribution in [3.8, 4) is 0 Å². The Kier molecular flexibility index (Phi) is 4.69. The lowest BCUT2D eigenvalue weighted by Crippen LogP contribution is -2.28. The fraction of sp³-hybridized carbons (Fsp3) is 0.750. The second-order valence-corrected chi connectivity index (χ2v) is 3.01. The average molecular weight is 213 g/mol. The number of nitrogens with one attached hydrogen (secondary N) is 2. The third kappa shape index (κ3) is 4.03. The minimum Gasteiger partial charge on any atom is -0.381 e. The van der Waals surface area contributed by atoms with Gasteiger partial charge in [0.05, 0.1) is 12.6 Å². The summed E-state index contributed by atoms with van der Waals surface area (Å²) in [6.07, 6.45) is 0.343. The van der Waals surface area contributed by atoms with E-state index in [2.05, 4.69) is 25.9 Å². The Morgan fingerprint density at radius 1 is 1.67 bits per heavy atom. The van der Waals surface area contributed by atoms with Gasteiger partial charge < -0.3 is 10.1 Å². The van der Waals surface area contributed by atoms with Crippen LogP contribution in [-0.4, -0.2) is 39.7 Å². The third-order valence-corrected chi connectivity index (χ3v) is 1.80. The first-order valence-corrected chi connectivity index (χ1v) is 4.84. The van der Waals surface area contributed by atoms with Gasteiger partial charge in [-0.15, -0.1) is 10.2 Å². The highest BCUT2D eigenvalue weighted by Crippen LogP contribution is 2.02. The number of nitrogens with zero attached hydrogens (tertiary/aromatic N) is 3. The molecule has 1 amide bonds. The monoisotopic (exact) mass is 213 g/mol. The quantitative estimate of drug-likeness (QED) is 0.638. The van der Waals surface area contributed by atoms with Crippen LogP contribution in [0.2, 0.25) is 0 Å². The first-order chi connectivity index (χ1) is 7.24. The molecule has 1 aromatic rings. The first-order valence-electron chi connectivity index (χ1n) is 4.84. The fourth-order valence-corrected chi connectivity index (χ4v) is 1.04. The number of aromatic amines is 1. The second kappa shape index (κ2) is 6.07. The lowest BCUT2D eigenvalue weighted by molar-refractivity contribution is -0.122. The Hall–Kier alpha value is -1.50. The maximum absolute atomic E-state index is 11.3. The van der Waals surface area contributed by atoms with E-state index in [1.54, 1.807) is 6.92 Å². The Morgan fingerprint density at radius 2 is 2.47 bits per heavy atom. The van der Waals surface area contributed by atoms with E-state index in [1.807, 2.05) is 6.92 Å². The molecular weight excluding hydrogens is 198 g/mol. The molecule has 7 heteroatoms. The smallest absolute Gasteiger partial charge is 0.222 e. The number of tetrazole rings is 1. The van der Waals surface area contributed by atoms with Crippen molar-refractivity contribution in [3.63, 3.8) is 0 Å². The number of hydrogen-bond acceptors (Lipinski definition) is 5.